The van der Waals surface area contributed by atoms with Gasteiger partial charge in [0.1, 0.15) is 0 Å². The van der Waals surface area contributed by atoms with Crippen LogP contribution in [0.2, 0.25) is 0 Å². The van der Waals surface area contributed by atoms with Crippen LogP contribution in [0.15, 0.2) is 0 Å². The third-order valence-electron chi connectivity index (χ3n) is 3.62. The van der Waals surface area contributed by atoms with Crippen molar-refractivity contribution in [1.29, 1.82) is 0 Å². The maximum absolute atomic E-state index is 12.1. The summed E-state index contributed by atoms with van der Waals surface area (Å²) in [5.74, 6) is -0.220. The third kappa shape index (κ3) is 4.02. The van der Waals surface area contributed by atoms with E-state index in [4.69, 9.17) is 5.11 Å². The van der Waals surface area contributed by atoms with Gasteiger partial charge in [-0.2, -0.15) is 0 Å². The molecule has 0 aromatic heterocycles. The van der Waals surface area contributed by atoms with Crippen LogP contribution in [0.1, 0.15) is 46.0 Å². The summed E-state index contributed by atoms with van der Waals surface area (Å²) in [7, 11) is 1.77. The highest BCUT2D eigenvalue weighted by atomic mass is 16.4. The molecule has 1 aliphatic rings. The lowest BCUT2D eigenvalue weighted by Crippen LogP contribution is -2.40. The molecular weight excluding hydrogens is 218 g/mol. The van der Waals surface area contributed by atoms with Gasteiger partial charge in [0.15, 0.2) is 0 Å². The molecule has 17 heavy (non-hydrogen) atoms. The highest BCUT2D eigenvalue weighted by molar-refractivity contribution is 5.86. The topological polar surface area (TPSA) is 57.6 Å². The van der Waals surface area contributed by atoms with Crippen molar-refractivity contribution < 1.29 is 14.7 Å². The zero-order valence-electron chi connectivity index (χ0n) is 11.0. The molecule has 1 amide bonds. The monoisotopic (exact) mass is 241 g/mol. The number of hydrogen-bond donors (Lipinski definition) is 1. The Morgan fingerprint density at radius 3 is 2.35 bits per heavy atom. The van der Waals surface area contributed by atoms with E-state index < -0.39 is 11.4 Å². The molecule has 0 aromatic carbocycles. The predicted octanol–water partition coefficient (Wildman–Crippen LogP) is 2.14. The quantitative estimate of drug-likeness (QED) is 0.775. The number of carbonyl (C=O) groups excluding carboxylic acids is 1. The van der Waals surface area contributed by atoms with Gasteiger partial charge in [0, 0.05) is 13.6 Å². The fraction of sp³-hybridized carbons (Fsp3) is 0.846. The average molecular weight is 241 g/mol. The van der Waals surface area contributed by atoms with E-state index in [1.165, 1.54) is 19.3 Å². The van der Waals surface area contributed by atoms with Gasteiger partial charge in [0.25, 0.3) is 0 Å². The number of nitrogens with zero attached hydrogens (tertiary/aromatic N) is 1. The first kappa shape index (κ1) is 14.0. The van der Waals surface area contributed by atoms with Gasteiger partial charge < -0.3 is 10.0 Å². The minimum Gasteiger partial charge on any atom is -0.481 e. The fourth-order valence-corrected chi connectivity index (χ4v) is 2.23. The Balaban J connectivity index is 2.40. The summed E-state index contributed by atoms with van der Waals surface area (Å²) in [6.45, 7) is 4.14. The molecule has 0 bridgehead atoms. The molecule has 4 nitrogen and oxygen atoms in total. The van der Waals surface area contributed by atoms with E-state index in [0.717, 1.165) is 18.9 Å². The van der Waals surface area contributed by atoms with E-state index in [1.54, 1.807) is 25.8 Å². The molecule has 0 unspecified atom stereocenters. The van der Waals surface area contributed by atoms with E-state index in [2.05, 4.69) is 0 Å². The third-order valence-corrected chi connectivity index (χ3v) is 3.62. The highest BCUT2D eigenvalue weighted by Crippen LogP contribution is 2.30. The van der Waals surface area contributed by atoms with Crippen molar-refractivity contribution in [3.8, 4) is 0 Å². The molecule has 1 rings (SSSR count). The zero-order chi connectivity index (χ0) is 13.1. The first-order valence-corrected chi connectivity index (χ1v) is 6.30. The van der Waals surface area contributed by atoms with Gasteiger partial charge in [-0.05, 0) is 12.3 Å². The van der Waals surface area contributed by atoms with Crippen LogP contribution in [0.3, 0.4) is 0 Å². The minimum absolute atomic E-state index is 0.0702. The molecule has 0 atom stereocenters. The van der Waals surface area contributed by atoms with Crippen LogP contribution in [0.25, 0.3) is 0 Å². The standard InChI is InChI=1S/C13H23NO3/c1-13(2,9-11(15)16)12(17)14(3)8-7-10-5-4-6-10/h10H,4-9H2,1-3H3,(H,15,16). The maximum atomic E-state index is 12.1. The van der Waals surface area contributed by atoms with Gasteiger partial charge in [-0.25, -0.2) is 0 Å². The van der Waals surface area contributed by atoms with Gasteiger partial charge >= 0.3 is 5.97 Å². The molecule has 0 aromatic rings. The van der Waals surface area contributed by atoms with Gasteiger partial charge in [0.05, 0.1) is 11.8 Å². The van der Waals surface area contributed by atoms with Crippen LogP contribution in [0.5, 0.6) is 0 Å². The van der Waals surface area contributed by atoms with Crippen molar-refractivity contribution in [1.82, 2.24) is 4.90 Å². The van der Waals surface area contributed by atoms with Crippen LogP contribution >= 0.6 is 0 Å². The number of rotatable bonds is 6. The Hall–Kier alpha value is -1.06. The van der Waals surface area contributed by atoms with E-state index >= 15 is 0 Å². The average Bonchev–Trinajstić information content (AvgIpc) is 2.11. The number of hydrogen-bond acceptors (Lipinski definition) is 2. The van der Waals surface area contributed by atoms with E-state index in [-0.39, 0.29) is 12.3 Å². The summed E-state index contributed by atoms with van der Waals surface area (Å²) < 4.78 is 0. The predicted molar refractivity (Wildman–Crippen MR) is 65.6 cm³/mol. The molecule has 4 heteroatoms. The van der Waals surface area contributed by atoms with Crippen molar-refractivity contribution >= 4 is 11.9 Å². The maximum Gasteiger partial charge on any atom is 0.304 e. The van der Waals surface area contributed by atoms with Crippen LogP contribution in [-0.4, -0.2) is 35.5 Å². The summed E-state index contributed by atoms with van der Waals surface area (Å²) in [4.78, 5) is 24.5. The van der Waals surface area contributed by atoms with Crippen molar-refractivity contribution in [2.45, 2.75) is 46.0 Å². The summed E-state index contributed by atoms with van der Waals surface area (Å²) in [6.07, 6.45) is 4.80. The molecule has 1 N–H and O–H groups in total. The van der Waals surface area contributed by atoms with Gasteiger partial charge in [-0.1, -0.05) is 33.1 Å². The van der Waals surface area contributed by atoms with Crippen molar-refractivity contribution in [2.24, 2.45) is 11.3 Å². The Kier molecular flexibility index (Phi) is 4.54. The number of amides is 1. The number of carboxylic acid groups (broad SMARTS) is 1. The second-order valence-electron chi connectivity index (χ2n) is 5.77. The summed E-state index contributed by atoms with van der Waals surface area (Å²) in [5.41, 5.74) is -0.805. The fourth-order valence-electron chi connectivity index (χ4n) is 2.23. The molecule has 0 spiro atoms. The first-order chi connectivity index (χ1) is 7.83. The Morgan fingerprint density at radius 2 is 1.94 bits per heavy atom. The van der Waals surface area contributed by atoms with Gasteiger partial charge in [-0.15, -0.1) is 0 Å². The molecule has 1 saturated carbocycles. The van der Waals surface area contributed by atoms with Crippen LogP contribution < -0.4 is 0 Å². The largest absolute Gasteiger partial charge is 0.481 e. The van der Waals surface area contributed by atoms with Crippen LogP contribution in [-0.2, 0) is 9.59 Å². The minimum atomic E-state index is -0.921. The highest BCUT2D eigenvalue weighted by Gasteiger charge is 2.33. The van der Waals surface area contributed by atoms with Crippen molar-refractivity contribution in [3.63, 3.8) is 0 Å². The Morgan fingerprint density at radius 1 is 1.35 bits per heavy atom. The molecule has 1 fully saturated rings. The van der Waals surface area contributed by atoms with Crippen molar-refractivity contribution in [3.05, 3.63) is 0 Å². The second-order valence-corrected chi connectivity index (χ2v) is 5.77. The van der Waals surface area contributed by atoms with Gasteiger partial charge in [0.2, 0.25) is 5.91 Å². The summed E-state index contributed by atoms with van der Waals surface area (Å²) >= 11 is 0. The second kappa shape index (κ2) is 5.52. The SMILES string of the molecule is CN(CCC1CCC1)C(=O)C(C)(C)CC(=O)O. The molecule has 1 aliphatic carbocycles. The molecule has 0 saturated heterocycles. The van der Waals surface area contributed by atoms with Gasteiger partial charge in [-0.3, -0.25) is 9.59 Å². The molecule has 0 heterocycles. The number of carbonyl (C=O) groups is 2. The number of aliphatic carboxylic acids is 1. The molecular formula is C13H23NO3. The van der Waals surface area contributed by atoms with Crippen LogP contribution in [0.4, 0.5) is 0 Å². The van der Waals surface area contributed by atoms with E-state index in [9.17, 15) is 9.59 Å². The lowest BCUT2D eigenvalue weighted by molar-refractivity contribution is -0.148. The van der Waals surface area contributed by atoms with Crippen LogP contribution in [0, 0.1) is 11.3 Å². The Bertz CT molecular complexity index is 295. The lowest BCUT2D eigenvalue weighted by atomic mass is 9.82. The normalized spacial score (nSPS) is 16.4. The van der Waals surface area contributed by atoms with E-state index in [1.807, 2.05) is 0 Å². The Labute approximate surface area is 103 Å². The first-order valence-electron chi connectivity index (χ1n) is 6.30. The molecule has 0 aliphatic heterocycles. The molecule has 0 radical (unpaired) electrons. The number of carboxylic acids is 1. The smallest absolute Gasteiger partial charge is 0.304 e. The van der Waals surface area contributed by atoms with E-state index in [0.29, 0.717) is 0 Å². The molecule has 98 valence electrons. The zero-order valence-corrected chi connectivity index (χ0v) is 11.0. The lowest BCUT2D eigenvalue weighted by Gasteiger charge is -2.31. The van der Waals surface area contributed by atoms with Crippen molar-refractivity contribution in [2.75, 3.05) is 13.6 Å². The summed E-state index contributed by atoms with van der Waals surface area (Å²) in [5, 5.41) is 8.77. The summed E-state index contributed by atoms with van der Waals surface area (Å²) in [6, 6.07) is 0.